The Bertz CT molecular complexity index is 539. The van der Waals surface area contributed by atoms with E-state index in [0.717, 1.165) is 28.7 Å². The summed E-state index contributed by atoms with van der Waals surface area (Å²) in [7, 11) is 2.13. The van der Waals surface area contributed by atoms with Crippen LogP contribution >= 0.6 is 34.5 Å². The van der Waals surface area contributed by atoms with Gasteiger partial charge in [0.2, 0.25) is 0 Å². The molecule has 0 saturated heterocycles. The summed E-state index contributed by atoms with van der Waals surface area (Å²) < 4.78 is 0. The number of aromatic nitrogens is 1. The lowest BCUT2D eigenvalue weighted by Crippen LogP contribution is -2.23. The second-order valence-corrected chi connectivity index (χ2v) is 6.37. The van der Waals surface area contributed by atoms with E-state index in [4.69, 9.17) is 23.2 Å². The molecule has 1 unspecified atom stereocenters. The van der Waals surface area contributed by atoms with Gasteiger partial charge in [-0.15, -0.1) is 22.9 Å². The molecule has 0 amide bonds. The summed E-state index contributed by atoms with van der Waals surface area (Å²) in [6.45, 7) is 3.07. The zero-order chi connectivity index (χ0) is 14.5. The Morgan fingerprint density at radius 2 is 2.00 bits per heavy atom. The Hall–Kier alpha value is -0.610. The van der Waals surface area contributed by atoms with Gasteiger partial charge in [0.25, 0.3) is 0 Å². The Labute approximate surface area is 134 Å². The summed E-state index contributed by atoms with van der Waals surface area (Å²) in [5.74, 6) is 0.480. The molecule has 2 nitrogen and oxygen atoms in total. The van der Waals surface area contributed by atoms with Crippen LogP contribution in [0.3, 0.4) is 0 Å². The van der Waals surface area contributed by atoms with Crippen LogP contribution in [0.2, 0.25) is 5.02 Å². The lowest BCUT2D eigenvalue weighted by molar-refractivity contribution is 0.230. The quantitative estimate of drug-likeness (QED) is 0.684. The average Bonchev–Trinajstić information content (AvgIpc) is 2.91. The first-order chi connectivity index (χ1) is 9.63. The fourth-order valence-electron chi connectivity index (χ4n) is 2.20. The Morgan fingerprint density at radius 1 is 1.30 bits per heavy atom. The molecule has 0 aliphatic rings. The molecule has 2 aromatic rings. The summed E-state index contributed by atoms with van der Waals surface area (Å²) in [5.41, 5.74) is 2.22. The molecule has 108 valence electrons. The summed E-state index contributed by atoms with van der Waals surface area (Å²) in [5, 5.41) is 3.95. The fourth-order valence-corrected chi connectivity index (χ4v) is 3.62. The predicted molar refractivity (Wildman–Crippen MR) is 87.6 cm³/mol. The molecular formula is C15H18Cl2N2S. The molecule has 20 heavy (non-hydrogen) atoms. The highest BCUT2D eigenvalue weighted by molar-refractivity contribution is 7.09. The van der Waals surface area contributed by atoms with Crippen LogP contribution in [0.5, 0.6) is 0 Å². The van der Waals surface area contributed by atoms with E-state index in [2.05, 4.69) is 36.0 Å². The van der Waals surface area contributed by atoms with E-state index in [9.17, 15) is 0 Å². The molecule has 1 aromatic heterocycles. The van der Waals surface area contributed by atoms with E-state index >= 15 is 0 Å². The third kappa shape index (κ3) is 3.95. The van der Waals surface area contributed by atoms with E-state index in [1.807, 2.05) is 17.5 Å². The molecule has 0 bridgehead atoms. The van der Waals surface area contributed by atoms with Gasteiger partial charge in [0.05, 0.1) is 17.6 Å². The molecule has 5 heteroatoms. The normalized spacial score (nSPS) is 12.8. The van der Waals surface area contributed by atoms with Crippen LogP contribution in [0.1, 0.15) is 35.7 Å². The number of hydrogen-bond donors (Lipinski definition) is 0. The highest BCUT2D eigenvalue weighted by Crippen LogP contribution is 2.28. The molecule has 0 N–H and O–H groups in total. The maximum atomic E-state index is 5.92. The van der Waals surface area contributed by atoms with Crippen molar-refractivity contribution >= 4 is 34.5 Å². The van der Waals surface area contributed by atoms with Crippen LogP contribution in [0.4, 0.5) is 0 Å². The van der Waals surface area contributed by atoms with Gasteiger partial charge in [-0.2, -0.15) is 0 Å². The van der Waals surface area contributed by atoms with Crippen LogP contribution in [0, 0.1) is 0 Å². The van der Waals surface area contributed by atoms with Gasteiger partial charge < -0.3 is 0 Å². The third-order valence-electron chi connectivity index (χ3n) is 3.26. The van der Waals surface area contributed by atoms with E-state index in [-0.39, 0.29) is 0 Å². The van der Waals surface area contributed by atoms with Crippen molar-refractivity contribution in [3.63, 3.8) is 0 Å². The summed E-state index contributed by atoms with van der Waals surface area (Å²) in [6, 6.07) is 8.32. The van der Waals surface area contributed by atoms with Gasteiger partial charge in [-0.1, -0.05) is 30.7 Å². The standard InChI is InChI=1S/C15H18Cl2N2S/c1-3-14(15-18-13(8-16)10-20-15)19(2)9-11-4-6-12(17)7-5-11/h4-7,10,14H,3,8-9H2,1-2H3. The first-order valence-corrected chi connectivity index (χ1v) is 8.38. The molecule has 2 rings (SSSR count). The Kier molecular flexibility index (Phi) is 5.85. The van der Waals surface area contributed by atoms with Gasteiger partial charge >= 0.3 is 0 Å². The maximum absolute atomic E-state index is 5.92. The van der Waals surface area contributed by atoms with Crippen molar-refractivity contribution in [2.75, 3.05) is 7.05 Å². The molecule has 0 radical (unpaired) electrons. The van der Waals surface area contributed by atoms with Crippen LogP contribution in [0.15, 0.2) is 29.6 Å². The summed E-state index contributed by atoms with van der Waals surface area (Å²) in [4.78, 5) is 6.92. The number of thiazole rings is 1. The lowest BCUT2D eigenvalue weighted by atomic mass is 10.1. The van der Waals surface area contributed by atoms with Crippen molar-refractivity contribution in [3.8, 4) is 0 Å². The van der Waals surface area contributed by atoms with Crippen LogP contribution in [-0.4, -0.2) is 16.9 Å². The summed E-state index contributed by atoms with van der Waals surface area (Å²) in [6.07, 6.45) is 1.03. The van der Waals surface area contributed by atoms with Crippen LogP contribution < -0.4 is 0 Å². The van der Waals surface area contributed by atoms with E-state index in [1.54, 1.807) is 11.3 Å². The SMILES string of the molecule is CCC(c1nc(CCl)cs1)N(C)Cc1ccc(Cl)cc1. The van der Waals surface area contributed by atoms with Crippen LogP contribution in [-0.2, 0) is 12.4 Å². The largest absolute Gasteiger partial charge is 0.293 e. The topological polar surface area (TPSA) is 16.1 Å². The predicted octanol–water partition coefficient (Wildman–Crippen LogP) is 5.12. The van der Waals surface area contributed by atoms with Crippen molar-refractivity contribution in [2.24, 2.45) is 0 Å². The molecule has 0 aliphatic heterocycles. The number of hydrogen-bond acceptors (Lipinski definition) is 3. The first kappa shape index (κ1) is 15.8. The highest BCUT2D eigenvalue weighted by atomic mass is 35.5. The number of rotatable bonds is 6. The van der Waals surface area contributed by atoms with Gasteiger partial charge in [0, 0.05) is 16.9 Å². The fraction of sp³-hybridized carbons (Fsp3) is 0.400. The number of alkyl halides is 1. The third-order valence-corrected chi connectivity index (χ3v) is 4.78. The smallest absolute Gasteiger partial charge is 0.110 e. The van der Waals surface area contributed by atoms with Crippen molar-refractivity contribution in [3.05, 3.63) is 50.9 Å². The minimum Gasteiger partial charge on any atom is -0.293 e. The monoisotopic (exact) mass is 328 g/mol. The maximum Gasteiger partial charge on any atom is 0.110 e. The molecule has 1 atom stereocenters. The Morgan fingerprint density at radius 3 is 2.55 bits per heavy atom. The second-order valence-electron chi connectivity index (χ2n) is 4.78. The summed E-state index contributed by atoms with van der Waals surface area (Å²) >= 11 is 13.4. The lowest BCUT2D eigenvalue weighted by Gasteiger charge is -2.25. The van der Waals surface area contributed by atoms with Crippen molar-refractivity contribution in [1.29, 1.82) is 0 Å². The van der Waals surface area contributed by atoms with Gasteiger partial charge in [-0.3, -0.25) is 4.90 Å². The van der Waals surface area contributed by atoms with E-state index < -0.39 is 0 Å². The highest BCUT2D eigenvalue weighted by Gasteiger charge is 2.18. The molecule has 0 fully saturated rings. The number of nitrogens with zero attached hydrogens (tertiary/aromatic N) is 2. The zero-order valence-electron chi connectivity index (χ0n) is 11.6. The van der Waals surface area contributed by atoms with Gasteiger partial charge in [-0.25, -0.2) is 4.98 Å². The van der Waals surface area contributed by atoms with Gasteiger partial charge in [-0.05, 0) is 31.2 Å². The Balaban J connectivity index is 2.08. The molecule has 0 aliphatic carbocycles. The van der Waals surface area contributed by atoms with E-state index in [0.29, 0.717) is 11.9 Å². The van der Waals surface area contributed by atoms with Crippen molar-refractivity contribution in [1.82, 2.24) is 9.88 Å². The van der Waals surface area contributed by atoms with Gasteiger partial charge in [0.1, 0.15) is 5.01 Å². The minimum absolute atomic E-state index is 0.327. The molecule has 0 spiro atoms. The number of halogens is 2. The zero-order valence-corrected chi connectivity index (χ0v) is 14.0. The van der Waals surface area contributed by atoms with Crippen molar-refractivity contribution < 1.29 is 0 Å². The molecule has 1 heterocycles. The molecule has 1 aromatic carbocycles. The minimum atomic E-state index is 0.327. The van der Waals surface area contributed by atoms with E-state index in [1.165, 1.54) is 5.56 Å². The molecule has 0 saturated carbocycles. The van der Waals surface area contributed by atoms with Crippen molar-refractivity contribution in [2.45, 2.75) is 31.8 Å². The average molecular weight is 329 g/mol. The molecular weight excluding hydrogens is 311 g/mol. The first-order valence-electron chi connectivity index (χ1n) is 6.59. The number of benzene rings is 1. The second kappa shape index (κ2) is 7.41. The van der Waals surface area contributed by atoms with Crippen LogP contribution in [0.25, 0.3) is 0 Å². The van der Waals surface area contributed by atoms with Gasteiger partial charge in [0.15, 0.2) is 0 Å².